The zero-order valence-electron chi connectivity index (χ0n) is 13.8. The lowest BCUT2D eigenvalue weighted by atomic mass is 10.0. The lowest BCUT2D eigenvalue weighted by Gasteiger charge is -2.32. The molecule has 2 atom stereocenters. The van der Waals surface area contributed by atoms with Crippen LogP contribution in [0.5, 0.6) is 0 Å². The van der Waals surface area contributed by atoms with E-state index in [0.717, 1.165) is 10.5 Å². The maximum atomic E-state index is 12.4. The molecule has 0 aliphatic carbocycles. The van der Waals surface area contributed by atoms with Gasteiger partial charge < -0.3 is 20.4 Å². The number of hydrogen-bond acceptors (Lipinski definition) is 4. The van der Waals surface area contributed by atoms with Gasteiger partial charge in [-0.3, -0.25) is 9.59 Å². The third-order valence-electron chi connectivity index (χ3n) is 3.98. The second-order valence-electron chi connectivity index (χ2n) is 5.56. The van der Waals surface area contributed by atoms with E-state index in [2.05, 4.69) is 5.32 Å². The largest absolute Gasteiger partial charge is 0.394 e. The Morgan fingerprint density at radius 2 is 1.60 bits per heavy atom. The van der Waals surface area contributed by atoms with Crippen LogP contribution in [0.25, 0.3) is 0 Å². The van der Waals surface area contributed by atoms with Gasteiger partial charge in [0.2, 0.25) is 12.3 Å². The average molecular weight is 342 g/mol. The van der Waals surface area contributed by atoms with E-state index < -0.39 is 24.6 Å². The minimum Gasteiger partial charge on any atom is -0.394 e. The summed E-state index contributed by atoms with van der Waals surface area (Å²) in [6, 6.07) is 16.4. The van der Waals surface area contributed by atoms with E-state index in [1.54, 1.807) is 24.3 Å². The average Bonchev–Trinajstić information content (AvgIpc) is 2.67. The number of nitrogens with zero attached hydrogens (tertiary/aromatic N) is 1. The standard InChI is InChI=1S/C19H22N2O4/c22-12-17(16-9-5-2-6-10-16)21(14-24)18(13-23)19(25)20-11-15-7-3-1-4-8-15/h1-10,14,17-18,22-23H,11-13H2,(H,20,25)/t17-,18?/m1/s1. The molecular weight excluding hydrogens is 320 g/mol. The first-order chi connectivity index (χ1) is 12.2. The molecule has 2 aromatic carbocycles. The summed E-state index contributed by atoms with van der Waals surface area (Å²) in [5, 5.41) is 22.1. The summed E-state index contributed by atoms with van der Waals surface area (Å²) in [4.78, 5) is 25.2. The van der Waals surface area contributed by atoms with Crippen LogP contribution < -0.4 is 5.32 Å². The van der Waals surface area contributed by atoms with Crippen molar-refractivity contribution in [3.8, 4) is 0 Å². The maximum absolute atomic E-state index is 12.4. The van der Waals surface area contributed by atoms with E-state index in [1.807, 2.05) is 36.4 Å². The molecule has 0 saturated carbocycles. The van der Waals surface area contributed by atoms with Gasteiger partial charge in [0.1, 0.15) is 6.04 Å². The lowest BCUT2D eigenvalue weighted by molar-refractivity contribution is -0.138. The van der Waals surface area contributed by atoms with Crippen molar-refractivity contribution < 1.29 is 19.8 Å². The molecule has 2 aromatic rings. The van der Waals surface area contributed by atoms with Gasteiger partial charge in [-0.15, -0.1) is 0 Å². The minimum absolute atomic E-state index is 0.290. The fraction of sp³-hybridized carbons (Fsp3) is 0.263. The maximum Gasteiger partial charge on any atom is 0.245 e. The second-order valence-corrected chi connectivity index (χ2v) is 5.56. The molecule has 0 aliphatic heterocycles. The molecular formula is C19H22N2O4. The Morgan fingerprint density at radius 3 is 2.12 bits per heavy atom. The van der Waals surface area contributed by atoms with E-state index in [0.29, 0.717) is 12.0 Å². The summed E-state index contributed by atoms with van der Waals surface area (Å²) in [6.07, 6.45) is 0.483. The fourth-order valence-electron chi connectivity index (χ4n) is 2.63. The molecule has 6 nitrogen and oxygen atoms in total. The van der Waals surface area contributed by atoms with E-state index in [9.17, 15) is 19.8 Å². The Kier molecular flexibility index (Phi) is 7.13. The van der Waals surface area contributed by atoms with Crippen LogP contribution in [0.3, 0.4) is 0 Å². The molecule has 132 valence electrons. The van der Waals surface area contributed by atoms with Crippen LogP contribution in [0.4, 0.5) is 0 Å². The monoisotopic (exact) mass is 342 g/mol. The van der Waals surface area contributed by atoms with Gasteiger partial charge in [0.15, 0.2) is 0 Å². The van der Waals surface area contributed by atoms with Crippen molar-refractivity contribution in [2.24, 2.45) is 0 Å². The SMILES string of the molecule is O=CN(C(CO)C(=O)NCc1ccccc1)[C@H](CO)c1ccccc1. The third kappa shape index (κ3) is 4.89. The van der Waals surface area contributed by atoms with E-state index in [4.69, 9.17) is 0 Å². The van der Waals surface area contributed by atoms with E-state index in [-0.39, 0.29) is 13.2 Å². The number of carbonyl (C=O) groups is 2. The van der Waals surface area contributed by atoms with Gasteiger partial charge in [-0.25, -0.2) is 0 Å². The molecule has 0 radical (unpaired) electrons. The molecule has 1 unspecified atom stereocenters. The number of aliphatic hydroxyl groups is 2. The quantitative estimate of drug-likeness (QED) is 0.590. The summed E-state index contributed by atoms with van der Waals surface area (Å²) in [7, 11) is 0. The zero-order chi connectivity index (χ0) is 18.1. The van der Waals surface area contributed by atoms with Crippen LogP contribution in [0.2, 0.25) is 0 Å². The molecule has 2 rings (SSSR count). The van der Waals surface area contributed by atoms with Crippen molar-refractivity contribution in [3.63, 3.8) is 0 Å². The Labute approximate surface area is 146 Å². The first kappa shape index (κ1) is 18.6. The van der Waals surface area contributed by atoms with Crippen molar-refractivity contribution in [1.29, 1.82) is 0 Å². The fourth-order valence-corrected chi connectivity index (χ4v) is 2.63. The van der Waals surface area contributed by atoms with Gasteiger partial charge in [0.05, 0.1) is 19.3 Å². The van der Waals surface area contributed by atoms with Crippen LogP contribution in [-0.4, -0.2) is 46.7 Å². The van der Waals surface area contributed by atoms with Crippen molar-refractivity contribution in [2.45, 2.75) is 18.6 Å². The molecule has 0 heterocycles. The molecule has 6 heteroatoms. The summed E-state index contributed by atoms with van der Waals surface area (Å²) in [6.45, 7) is -0.605. The summed E-state index contributed by atoms with van der Waals surface area (Å²) < 4.78 is 0. The molecule has 3 N–H and O–H groups in total. The second kappa shape index (κ2) is 9.56. The van der Waals surface area contributed by atoms with Gasteiger partial charge in [-0.2, -0.15) is 0 Å². The molecule has 0 bridgehead atoms. The van der Waals surface area contributed by atoms with Gasteiger partial charge in [0, 0.05) is 6.54 Å². The van der Waals surface area contributed by atoms with Crippen molar-refractivity contribution in [1.82, 2.24) is 10.2 Å². The van der Waals surface area contributed by atoms with Crippen molar-refractivity contribution >= 4 is 12.3 Å². The van der Waals surface area contributed by atoms with Crippen LogP contribution in [0.1, 0.15) is 17.2 Å². The Hall–Kier alpha value is -2.70. The van der Waals surface area contributed by atoms with Gasteiger partial charge >= 0.3 is 0 Å². The van der Waals surface area contributed by atoms with Crippen LogP contribution >= 0.6 is 0 Å². The lowest BCUT2D eigenvalue weighted by Crippen LogP contribution is -2.50. The first-order valence-electron chi connectivity index (χ1n) is 8.02. The predicted octanol–water partition coefficient (Wildman–Crippen LogP) is 0.856. The number of amides is 2. The Bertz CT molecular complexity index is 664. The first-order valence-corrected chi connectivity index (χ1v) is 8.02. The van der Waals surface area contributed by atoms with Crippen molar-refractivity contribution in [3.05, 3.63) is 71.8 Å². The number of hydrogen-bond donors (Lipinski definition) is 3. The highest BCUT2D eigenvalue weighted by Gasteiger charge is 2.30. The van der Waals surface area contributed by atoms with E-state index in [1.165, 1.54) is 0 Å². The molecule has 0 aromatic heterocycles. The predicted molar refractivity (Wildman–Crippen MR) is 93.3 cm³/mol. The van der Waals surface area contributed by atoms with Gasteiger partial charge in [-0.1, -0.05) is 60.7 Å². The van der Waals surface area contributed by atoms with Crippen LogP contribution in [0.15, 0.2) is 60.7 Å². The number of rotatable bonds is 9. The molecule has 0 spiro atoms. The summed E-state index contributed by atoms with van der Waals surface area (Å²) >= 11 is 0. The van der Waals surface area contributed by atoms with Crippen LogP contribution in [-0.2, 0) is 16.1 Å². The topological polar surface area (TPSA) is 89.9 Å². The molecule has 0 aliphatic rings. The molecule has 0 fully saturated rings. The Morgan fingerprint density at radius 1 is 1.00 bits per heavy atom. The number of carbonyl (C=O) groups excluding carboxylic acids is 2. The summed E-state index contributed by atoms with van der Waals surface area (Å²) in [5.41, 5.74) is 1.60. The highest BCUT2D eigenvalue weighted by atomic mass is 16.3. The van der Waals surface area contributed by atoms with Gasteiger partial charge in [0.25, 0.3) is 0 Å². The van der Waals surface area contributed by atoms with Gasteiger partial charge in [-0.05, 0) is 11.1 Å². The smallest absolute Gasteiger partial charge is 0.245 e. The number of aliphatic hydroxyl groups excluding tert-OH is 2. The molecule has 0 saturated heterocycles. The third-order valence-corrected chi connectivity index (χ3v) is 3.98. The zero-order valence-corrected chi connectivity index (χ0v) is 13.8. The normalized spacial score (nSPS) is 12.9. The minimum atomic E-state index is -1.08. The highest BCUT2D eigenvalue weighted by Crippen LogP contribution is 2.21. The number of nitrogens with one attached hydrogen (secondary N) is 1. The Balaban J connectivity index is 2.12. The summed E-state index contributed by atoms with van der Waals surface area (Å²) in [5.74, 6) is -0.479. The highest BCUT2D eigenvalue weighted by molar-refractivity contribution is 5.83. The number of benzene rings is 2. The molecule has 2 amide bonds. The van der Waals surface area contributed by atoms with Crippen molar-refractivity contribution in [2.75, 3.05) is 13.2 Å². The van der Waals surface area contributed by atoms with Crippen LogP contribution in [0, 0.1) is 0 Å². The molecule has 25 heavy (non-hydrogen) atoms. The van der Waals surface area contributed by atoms with E-state index >= 15 is 0 Å².